The molecule has 0 radical (unpaired) electrons. The first-order valence-electron chi connectivity index (χ1n) is 9.32. The van der Waals surface area contributed by atoms with Gasteiger partial charge in [-0.3, -0.25) is 9.59 Å². The quantitative estimate of drug-likeness (QED) is 0.798. The van der Waals surface area contributed by atoms with E-state index in [9.17, 15) is 9.59 Å². The minimum absolute atomic E-state index is 0.0142. The van der Waals surface area contributed by atoms with Gasteiger partial charge in [0, 0.05) is 16.8 Å². The van der Waals surface area contributed by atoms with Gasteiger partial charge in [0.1, 0.15) is 5.00 Å². The van der Waals surface area contributed by atoms with Crippen LogP contribution in [-0.2, 0) is 17.6 Å². The van der Waals surface area contributed by atoms with E-state index in [4.69, 9.17) is 0 Å². The number of anilines is 1. The van der Waals surface area contributed by atoms with Crippen LogP contribution in [0.1, 0.15) is 79.6 Å². The Morgan fingerprint density at radius 3 is 2.42 bits per heavy atom. The Morgan fingerprint density at radius 2 is 1.75 bits per heavy atom. The molecule has 0 unspecified atom stereocenters. The highest BCUT2D eigenvalue weighted by Gasteiger charge is 2.29. The fourth-order valence-corrected chi connectivity index (χ4v) is 4.96. The third kappa shape index (κ3) is 3.82. The van der Waals surface area contributed by atoms with E-state index in [1.165, 1.54) is 36.1 Å². The van der Waals surface area contributed by atoms with E-state index in [0.29, 0.717) is 0 Å². The molecule has 0 saturated heterocycles. The lowest BCUT2D eigenvalue weighted by molar-refractivity contribution is -0.118. The zero-order valence-electron chi connectivity index (χ0n) is 14.7. The molecule has 2 amide bonds. The maximum atomic E-state index is 13.0. The van der Waals surface area contributed by atoms with Gasteiger partial charge in [-0.15, -0.1) is 11.3 Å². The number of aryl methyl sites for hydroxylation is 1. The van der Waals surface area contributed by atoms with Gasteiger partial charge < -0.3 is 10.6 Å². The summed E-state index contributed by atoms with van der Waals surface area (Å²) < 4.78 is 0. The fraction of sp³-hybridized carbons (Fsp3) is 0.684. The second kappa shape index (κ2) is 7.68. The highest BCUT2D eigenvalue weighted by Crippen LogP contribution is 2.39. The summed E-state index contributed by atoms with van der Waals surface area (Å²) in [6, 6.07) is 0.283. The van der Waals surface area contributed by atoms with Gasteiger partial charge in [-0.25, -0.2) is 0 Å². The molecular weight excluding hydrogens is 320 g/mol. The van der Waals surface area contributed by atoms with Crippen LogP contribution in [0.25, 0.3) is 0 Å². The van der Waals surface area contributed by atoms with E-state index in [1.54, 1.807) is 11.3 Å². The maximum Gasteiger partial charge on any atom is 0.254 e. The summed E-state index contributed by atoms with van der Waals surface area (Å²) in [5.41, 5.74) is 1.91. The maximum absolute atomic E-state index is 13.0. The van der Waals surface area contributed by atoms with Crippen molar-refractivity contribution in [3.8, 4) is 0 Å². The van der Waals surface area contributed by atoms with Crippen LogP contribution in [-0.4, -0.2) is 17.9 Å². The van der Waals surface area contributed by atoms with Crippen molar-refractivity contribution >= 4 is 28.2 Å². The lowest BCUT2D eigenvalue weighted by Crippen LogP contribution is -2.35. The standard InChI is InChI=1S/C19H28N2O2S/c1-12(2)17(22)21-19-16(14-10-7-11-15(14)24-19)18(23)20-13-8-5-3-4-6-9-13/h12-13H,3-11H2,1-2H3,(H,20,23)(H,21,22). The number of nitrogens with one attached hydrogen (secondary N) is 2. The first-order valence-corrected chi connectivity index (χ1v) is 10.1. The summed E-state index contributed by atoms with van der Waals surface area (Å²) in [6.07, 6.45) is 10.2. The average Bonchev–Trinajstić information content (AvgIpc) is 3.00. The normalized spacial score (nSPS) is 18.3. The minimum Gasteiger partial charge on any atom is -0.349 e. The Bertz CT molecular complexity index is 613. The lowest BCUT2D eigenvalue weighted by Gasteiger charge is -2.17. The van der Waals surface area contributed by atoms with Crippen molar-refractivity contribution in [3.63, 3.8) is 0 Å². The molecule has 2 N–H and O–H groups in total. The molecule has 1 fully saturated rings. The molecule has 1 heterocycles. The van der Waals surface area contributed by atoms with Crippen LogP contribution in [0.2, 0.25) is 0 Å². The molecular formula is C19H28N2O2S. The van der Waals surface area contributed by atoms with Gasteiger partial charge in [0.15, 0.2) is 0 Å². The molecule has 0 aliphatic heterocycles. The molecule has 1 aromatic heterocycles. The van der Waals surface area contributed by atoms with Crippen molar-refractivity contribution in [3.05, 3.63) is 16.0 Å². The third-order valence-corrected chi connectivity index (χ3v) is 6.31. The van der Waals surface area contributed by atoms with Crippen molar-refractivity contribution in [2.75, 3.05) is 5.32 Å². The molecule has 3 rings (SSSR count). The Labute approximate surface area is 148 Å². The molecule has 0 bridgehead atoms. The van der Waals surface area contributed by atoms with E-state index < -0.39 is 0 Å². The van der Waals surface area contributed by atoms with Crippen LogP contribution >= 0.6 is 11.3 Å². The Balaban J connectivity index is 1.79. The number of carbonyl (C=O) groups excluding carboxylic acids is 2. The number of hydrogen-bond acceptors (Lipinski definition) is 3. The summed E-state index contributed by atoms with van der Waals surface area (Å²) in [5, 5.41) is 6.99. The largest absolute Gasteiger partial charge is 0.349 e. The molecule has 24 heavy (non-hydrogen) atoms. The lowest BCUT2D eigenvalue weighted by atomic mass is 10.1. The zero-order valence-corrected chi connectivity index (χ0v) is 15.6. The molecule has 0 atom stereocenters. The molecule has 132 valence electrons. The second-order valence-electron chi connectivity index (χ2n) is 7.37. The average molecular weight is 349 g/mol. The predicted octanol–water partition coefficient (Wildman–Crippen LogP) is 4.28. The van der Waals surface area contributed by atoms with Crippen LogP contribution in [0.3, 0.4) is 0 Å². The topological polar surface area (TPSA) is 58.2 Å². The molecule has 4 nitrogen and oxygen atoms in total. The highest BCUT2D eigenvalue weighted by atomic mass is 32.1. The highest BCUT2D eigenvalue weighted by molar-refractivity contribution is 7.17. The number of amides is 2. The third-order valence-electron chi connectivity index (χ3n) is 5.10. The van der Waals surface area contributed by atoms with Gasteiger partial charge in [-0.1, -0.05) is 39.5 Å². The smallest absolute Gasteiger partial charge is 0.254 e. The van der Waals surface area contributed by atoms with Crippen molar-refractivity contribution in [1.29, 1.82) is 0 Å². The minimum atomic E-state index is -0.0836. The molecule has 2 aliphatic carbocycles. The van der Waals surface area contributed by atoms with E-state index in [0.717, 1.165) is 42.7 Å². The molecule has 1 aromatic rings. The van der Waals surface area contributed by atoms with E-state index in [2.05, 4.69) is 10.6 Å². The SMILES string of the molecule is CC(C)C(=O)Nc1sc2c(c1C(=O)NC1CCCCCC1)CCC2. The van der Waals surface area contributed by atoms with E-state index in [1.807, 2.05) is 13.8 Å². The summed E-state index contributed by atoms with van der Waals surface area (Å²) in [6.45, 7) is 3.75. The van der Waals surface area contributed by atoms with E-state index >= 15 is 0 Å². The Morgan fingerprint density at radius 1 is 1.04 bits per heavy atom. The van der Waals surface area contributed by atoms with Crippen LogP contribution < -0.4 is 10.6 Å². The van der Waals surface area contributed by atoms with Crippen molar-refractivity contribution in [2.24, 2.45) is 5.92 Å². The second-order valence-corrected chi connectivity index (χ2v) is 8.47. The monoisotopic (exact) mass is 348 g/mol. The molecule has 5 heteroatoms. The van der Waals surface area contributed by atoms with Crippen LogP contribution in [0, 0.1) is 5.92 Å². The zero-order chi connectivity index (χ0) is 17.1. The molecule has 0 spiro atoms. The van der Waals surface area contributed by atoms with Crippen LogP contribution in [0.4, 0.5) is 5.00 Å². The number of fused-ring (bicyclic) bond motifs is 1. The Hall–Kier alpha value is -1.36. The van der Waals surface area contributed by atoms with Gasteiger partial charge in [-0.05, 0) is 37.7 Å². The number of hydrogen-bond donors (Lipinski definition) is 2. The van der Waals surface area contributed by atoms with Gasteiger partial charge in [0.2, 0.25) is 5.91 Å². The molecule has 2 aliphatic rings. The Kier molecular flexibility index (Phi) is 5.59. The first kappa shape index (κ1) is 17.5. The number of rotatable bonds is 4. The summed E-state index contributed by atoms with van der Waals surface area (Å²) in [7, 11) is 0. The van der Waals surface area contributed by atoms with Gasteiger partial charge >= 0.3 is 0 Å². The first-order chi connectivity index (χ1) is 11.6. The number of carbonyl (C=O) groups is 2. The van der Waals surface area contributed by atoms with Gasteiger partial charge in [0.25, 0.3) is 5.91 Å². The fourth-order valence-electron chi connectivity index (χ4n) is 3.67. The van der Waals surface area contributed by atoms with Crippen LogP contribution in [0.5, 0.6) is 0 Å². The summed E-state index contributed by atoms with van der Waals surface area (Å²) in [4.78, 5) is 26.4. The van der Waals surface area contributed by atoms with Crippen molar-refractivity contribution in [1.82, 2.24) is 5.32 Å². The van der Waals surface area contributed by atoms with Crippen LogP contribution in [0.15, 0.2) is 0 Å². The van der Waals surface area contributed by atoms with Crippen molar-refractivity contribution < 1.29 is 9.59 Å². The predicted molar refractivity (Wildman–Crippen MR) is 98.8 cm³/mol. The van der Waals surface area contributed by atoms with Gasteiger partial charge in [0.05, 0.1) is 5.56 Å². The summed E-state index contributed by atoms with van der Waals surface area (Å²) >= 11 is 1.60. The molecule has 0 aromatic carbocycles. The van der Waals surface area contributed by atoms with E-state index in [-0.39, 0.29) is 23.8 Å². The number of thiophene rings is 1. The van der Waals surface area contributed by atoms with Gasteiger partial charge in [-0.2, -0.15) is 0 Å². The van der Waals surface area contributed by atoms with Crippen molar-refractivity contribution in [2.45, 2.75) is 77.7 Å². The molecule has 1 saturated carbocycles. The summed E-state index contributed by atoms with van der Waals surface area (Å²) in [5.74, 6) is -0.0847.